The third-order valence-corrected chi connectivity index (χ3v) is 4.31. The molecule has 0 aliphatic carbocycles. The topological polar surface area (TPSA) is 90.0 Å². The Morgan fingerprint density at radius 1 is 1.38 bits per heavy atom. The molecule has 0 aliphatic heterocycles. The quantitative estimate of drug-likeness (QED) is 0.884. The number of aromatic nitrogens is 2. The molecule has 0 aliphatic rings. The van der Waals surface area contributed by atoms with Crippen LogP contribution in [0.5, 0.6) is 0 Å². The molecular formula is C14H20N4O2S. The van der Waals surface area contributed by atoms with Crippen LogP contribution in [0, 0.1) is 6.92 Å². The summed E-state index contributed by atoms with van der Waals surface area (Å²) in [6.45, 7) is 6.43. The second-order valence-electron chi connectivity index (χ2n) is 5.25. The molecule has 21 heavy (non-hydrogen) atoms. The number of rotatable bonds is 5. The van der Waals surface area contributed by atoms with Crippen molar-refractivity contribution in [3.63, 3.8) is 0 Å². The standard InChI is InChI=1S/C14H20N4O2S/c1-10(2)18-9-12(8-17-18)7-16-13-5-4-6-14(11(13)3)21(15,19)20/h4-6,8-10,16H,7H2,1-3H3,(H2,15,19,20). The average Bonchev–Trinajstić information content (AvgIpc) is 2.85. The molecule has 2 aromatic rings. The number of hydrogen-bond acceptors (Lipinski definition) is 4. The average molecular weight is 308 g/mol. The maximum absolute atomic E-state index is 11.5. The fourth-order valence-corrected chi connectivity index (χ4v) is 2.87. The van der Waals surface area contributed by atoms with Gasteiger partial charge in [-0.1, -0.05) is 6.07 Å². The Labute approximate surface area is 125 Å². The van der Waals surface area contributed by atoms with Gasteiger partial charge in [0.1, 0.15) is 0 Å². The van der Waals surface area contributed by atoms with Gasteiger partial charge >= 0.3 is 0 Å². The lowest BCUT2D eigenvalue weighted by Crippen LogP contribution is -2.14. The van der Waals surface area contributed by atoms with Crippen molar-refractivity contribution >= 4 is 15.7 Å². The van der Waals surface area contributed by atoms with E-state index >= 15 is 0 Å². The smallest absolute Gasteiger partial charge is 0.238 e. The lowest BCUT2D eigenvalue weighted by molar-refractivity contribution is 0.532. The second-order valence-corrected chi connectivity index (χ2v) is 6.78. The number of anilines is 1. The van der Waals surface area contributed by atoms with Gasteiger partial charge in [-0.3, -0.25) is 4.68 Å². The van der Waals surface area contributed by atoms with Crippen LogP contribution in [0.25, 0.3) is 0 Å². The van der Waals surface area contributed by atoms with E-state index in [-0.39, 0.29) is 4.90 Å². The zero-order chi connectivity index (χ0) is 15.6. The van der Waals surface area contributed by atoms with Gasteiger partial charge in [0.2, 0.25) is 10.0 Å². The normalized spacial score (nSPS) is 11.9. The van der Waals surface area contributed by atoms with Crippen molar-refractivity contribution in [3.8, 4) is 0 Å². The van der Waals surface area contributed by atoms with E-state index in [1.165, 1.54) is 6.07 Å². The molecule has 0 radical (unpaired) electrons. The minimum absolute atomic E-state index is 0.144. The van der Waals surface area contributed by atoms with E-state index in [4.69, 9.17) is 5.14 Å². The molecule has 3 N–H and O–H groups in total. The Bertz CT molecular complexity index is 735. The van der Waals surface area contributed by atoms with E-state index in [0.29, 0.717) is 18.2 Å². The third kappa shape index (κ3) is 3.62. The van der Waals surface area contributed by atoms with Gasteiger partial charge in [-0.2, -0.15) is 5.10 Å². The Morgan fingerprint density at radius 2 is 2.10 bits per heavy atom. The van der Waals surface area contributed by atoms with Gasteiger partial charge in [0, 0.05) is 30.0 Å². The Morgan fingerprint density at radius 3 is 2.67 bits per heavy atom. The molecule has 0 atom stereocenters. The summed E-state index contributed by atoms with van der Waals surface area (Å²) in [5.74, 6) is 0. The Balaban J connectivity index is 2.17. The van der Waals surface area contributed by atoms with Crippen LogP contribution in [0.15, 0.2) is 35.5 Å². The molecular weight excluding hydrogens is 288 g/mol. The number of nitrogens with two attached hydrogens (primary N) is 1. The minimum Gasteiger partial charge on any atom is -0.381 e. The highest BCUT2D eigenvalue weighted by Crippen LogP contribution is 2.22. The van der Waals surface area contributed by atoms with Crippen molar-refractivity contribution in [1.82, 2.24) is 9.78 Å². The number of nitrogens with one attached hydrogen (secondary N) is 1. The molecule has 6 nitrogen and oxygen atoms in total. The lowest BCUT2D eigenvalue weighted by Gasteiger charge is -2.11. The lowest BCUT2D eigenvalue weighted by atomic mass is 10.2. The molecule has 0 spiro atoms. The van der Waals surface area contributed by atoms with Crippen molar-refractivity contribution in [1.29, 1.82) is 0 Å². The first kappa shape index (κ1) is 15.5. The molecule has 0 amide bonds. The van der Waals surface area contributed by atoms with Crippen LogP contribution in [0.3, 0.4) is 0 Å². The fraction of sp³-hybridized carbons (Fsp3) is 0.357. The van der Waals surface area contributed by atoms with Crippen molar-refractivity contribution in [3.05, 3.63) is 41.7 Å². The number of nitrogens with zero attached hydrogens (tertiary/aromatic N) is 2. The first-order chi connectivity index (χ1) is 9.79. The second kappa shape index (κ2) is 5.87. The van der Waals surface area contributed by atoms with Crippen molar-refractivity contribution in [2.45, 2.75) is 38.3 Å². The molecule has 7 heteroatoms. The SMILES string of the molecule is Cc1c(NCc2cnn(C(C)C)c2)cccc1S(N)(=O)=O. The Hall–Kier alpha value is -1.86. The van der Waals surface area contributed by atoms with Crippen LogP contribution in [0.1, 0.15) is 31.0 Å². The summed E-state index contributed by atoms with van der Waals surface area (Å²) in [6, 6.07) is 5.32. The van der Waals surface area contributed by atoms with E-state index in [2.05, 4.69) is 24.3 Å². The van der Waals surface area contributed by atoms with Gasteiger partial charge < -0.3 is 5.32 Å². The highest BCUT2D eigenvalue weighted by Gasteiger charge is 2.13. The molecule has 0 unspecified atom stereocenters. The van der Waals surface area contributed by atoms with E-state index in [1.807, 2.05) is 16.9 Å². The first-order valence-corrected chi connectivity index (χ1v) is 8.23. The number of sulfonamides is 1. The monoisotopic (exact) mass is 308 g/mol. The largest absolute Gasteiger partial charge is 0.381 e. The molecule has 0 saturated heterocycles. The molecule has 1 aromatic carbocycles. The highest BCUT2D eigenvalue weighted by molar-refractivity contribution is 7.89. The van der Waals surface area contributed by atoms with Gasteiger partial charge in [0.05, 0.1) is 11.1 Å². The predicted molar refractivity (Wildman–Crippen MR) is 82.5 cm³/mol. The predicted octanol–water partition coefficient (Wildman–Crippen LogP) is 2.03. The van der Waals surface area contributed by atoms with Gasteiger partial charge in [-0.15, -0.1) is 0 Å². The van der Waals surface area contributed by atoms with Crippen LogP contribution in [0.2, 0.25) is 0 Å². The first-order valence-electron chi connectivity index (χ1n) is 6.68. The number of hydrogen-bond donors (Lipinski definition) is 2. The van der Waals surface area contributed by atoms with E-state index in [1.54, 1.807) is 19.2 Å². The van der Waals surface area contributed by atoms with E-state index < -0.39 is 10.0 Å². The summed E-state index contributed by atoms with van der Waals surface area (Å²) in [7, 11) is -3.70. The van der Waals surface area contributed by atoms with E-state index in [9.17, 15) is 8.42 Å². The molecule has 0 saturated carbocycles. The van der Waals surface area contributed by atoms with Crippen LogP contribution in [-0.4, -0.2) is 18.2 Å². The number of primary sulfonamides is 1. The molecule has 114 valence electrons. The van der Waals surface area contributed by atoms with Gasteiger partial charge in [0.25, 0.3) is 0 Å². The van der Waals surface area contributed by atoms with Crippen molar-refractivity contribution in [2.75, 3.05) is 5.32 Å². The van der Waals surface area contributed by atoms with Gasteiger partial charge in [-0.05, 0) is 38.5 Å². The molecule has 0 bridgehead atoms. The molecule has 1 aromatic heterocycles. The zero-order valence-corrected chi connectivity index (χ0v) is 13.2. The minimum atomic E-state index is -3.70. The van der Waals surface area contributed by atoms with E-state index in [0.717, 1.165) is 11.3 Å². The third-order valence-electron chi connectivity index (χ3n) is 3.26. The van der Waals surface area contributed by atoms with Gasteiger partial charge in [0.15, 0.2) is 0 Å². The highest BCUT2D eigenvalue weighted by atomic mass is 32.2. The summed E-state index contributed by atoms with van der Waals surface area (Å²) in [4.78, 5) is 0.144. The summed E-state index contributed by atoms with van der Waals surface area (Å²) < 4.78 is 24.9. The number of benzene rings is 1. The summed E-state index contributed by atoms with van der Waals surface area (Å²) in [5.41, 5.74) is 2.40. The molecule has 1 heterocycles. The summed E-state index contributed by atoms with van der Waals surface area (Å²) >= 11 is 0. The van der Waals surface area contributed by atoms with Crippen molar-refractivity contribution < 1.29 is 8.42 Å². The maximum Gasteiger partial charge on any atom is 0.238 e. The fourth-order valence-electron chi connectivity index (χ4n) is 2.06. The summed E-state index contributed by atoms with van der Waals surface area (Å²) in [5, 5.41) is 12.7. The Kier molecular flexibility index (Phi) is 4.34. The zero-order valence-electron chi connectivity index (χ0n) is 12.4. The van der Waals surface area contributed by atoms with Crippen LogP contribution >= 0.6 is 0 Å². The van der Waals surface area contributed by atoms with Crippen LogP contribution < -0.4 is 10.5 Å². The molecule has 0 fully saturated rings. The molecule has 2 rings (SSSR count). The summed E-state index contributed by atoms with van der Waals surface area (Å²) in [6.07, 6.45) is 3.77. The van der Waals surface area contributed by atoms with Gasteiger partial charge in [-0.25, -0.2) is 13.6 Å². The van der Waals surface area contributed by atoms with Crippen molar-refractivity contribution in [2.24, 2.45) is 5.14 Å². The maximum atomic E-state index is 11.5. The van der Waals surface area contributed by atoms with Crippen LogP contribution in [0.4, 0.5) is 5.69 Å². The van der Waals surface area contributed by atoms with Crippen LogP contribution in [-0.2, 0) is 16.6 Å².